The third-order valence-electron chi connectivity index (χ3n) is 3.44. The Balaban J connectivity index is 0.00000242. The molecule has 0 aromatic heterocycles. The second-order valence-corrected chi connectivity index (χ2v) is 5.15. The van der Waals surface area contributed by atoms with Crippen LogP contribution in [-0.4, -0.2) is 37.5 Å². The lowest BCUT2D eigenvalue weighted by Gasteiger charge is -2.35. The molecular weight excluding hydrogens is 386 g/mol. The summed E-state index contributed by atoms with van der Waals surface area (Å²) < 4.78 is 65.3. The number of nitrogens with zero attached hydrogens (tertiary/aromatic N) is 1. The molecule has 1 aromatic rings. The van der Waals surface area contributed by atoms with Gasteiger partial charge in [0.25, 0.3) is 6.43 Å². The molecule has 0 radical (unpaired) electrons. The molecule has 1 saturated heterocycles. The summed E-state index contributed by atoms with van der Waals surface area (Å²) in [5, 5.41) is 2.37. The van der Waals surface area contributed by atoms with Crippen LogP contribution in [0.15, 0.2) is 18.2 Å². The van der Waals surface area contributed by atoms with Gasteiger partial charge in [0.1, 0.15) is 0 Å². The highest BCUT2D eigenvalue weighted by Crippen LogP contribution is 2.40. The number of nitrogens with one attached hydrogen (secondary N) is 1. The van der Waals surface area contributed by atoms with Crippen LogP contribution >= 0.6 is 36.4 Å². The van der Waals surface area contributed by atoms with Crippen molar-refractivity contribution >= 4 is 36.4 Å². The van der Waals surface area contributed by atoms with Gasteiger partial charge in [0, 0.05) is 26.2 Å². The average Bonchev–Trinajstić information content (AvgIpc) is 2.40. The summed E-state index contributed by atoms with van der Waals surface area (Å²) in [6, 6.07) is 1.71. The SMILES string of the molecule is Cl.Cl.FC(F)[C@H](c1cccc(C(F)(F)F)c1Cl)N1CCNCC1. The lowest BCUT2D eigenvalue weighted by atomic mass is 10.0. The van der Waals surface area contributed by atoms with Crippen LogP contribution in [0.2, 0.25) is 5.02 Å². The Kier molecular flexibility index (Phi) is 9.09. The molecule has 0 bridgehead atoms. The number of hydrogen-bond donors (Lipinski definition) is 1. The first-order valence-corrected chi connectivity index (χ1v) is 6.78. The van der Waals surface area contributed by atoms with Crippen molar-refractivity contribution in [1.82, 2.24) is 10.2 Å². The molecule has 10 heteroatoms. The van der Waals surface area contributed by atoms with E-state index in [0.29, 0.717) is 26.2 Å². The predicted octanol–water partition coefficient (Wildman–Crippen LogP) is 4.41. The number of alkyl halides is 5. The van der Waals surface area contributed by atoms with Crippen LogP contribution in [0.1, 0.15) is 17.2 Å². The summed E-state index contributed by atoms with van der Waals surface area (Å²) in [7, 11) is 0. The largest absolute Gasteiger partial charge is 0.417 e. The second-order valence-electron chi connectivity index (χ2n) is 4.77. The Morgan fingerprint density at radius 3 is 2.13 bits per heavy atom. The predicted molar refractivity (Wildman–Crippen MR) is 84.1 cm³/mol. The molecule has 2 nitrogen and oxygen atoms in total. The first-order valence-electron chi connectivity index (χ1n) is 6.41. The maximum atomic E-state index is 13.4. The van der Waals surface area contributed by atoms with Crippen molar-refractivity contribution < 1.29 is 22.0 Å². The highest BCUT2D eigenvalue weighted by Gasteiger charge is 2.38. The fraction of sp³-hybridized carbons (Fsp3) is 0.538. The smallest absolute Gasteiger partial charge is 0.314 e. The molecule has 0 amide bonds. The van der Waals surface area contributed by atoms with Gasteiger partial charge in [-0.15, -0.1) is 24.8 Å². The summed E-state index contributed by atoms with van der Waals surface area (Å²) in [5.74, 6) is 0. The molecule has 1 aromatic carbocycles. The summed E-state index contributed by atoms with van der Waals surface area (Å²) >= 11 is 5.76. The molecule has 1 N–H and O–H groups in total. The van der Waals surface area contributed by atoms with E-state index in [-0.39, 0.29) is 30.4 Å². The first-order chi connectivity index (χ1) is 9.82. The van der Waals surface area contributed by atoms with Crippen LogP contribution in [-0.2, 0) is 6.18 Å². The first kappa shape index (κ1) is 22.7. The molecule has 2 rings (SSSR count). The monoisotopic (exact) mass is 400 g/mol. The molecule has 0 aliphatic carbocycles. The topological polar surface area (TPSA) is 15.3 Å². The molecule has 1 aliphatic heterocycles. The van der Waals surface area contributed by atoms with Gasteiger partial charge in [0.15, 0.2) is 0 Å². The average molecular weight is 402 g/mol. The Bertz CT molecular complexity index is 493. The minimum absolute atomic E-state index is 0. The molecule has 0 unspecified atom stereocenters. The van der Waals surface area contributed by atoms with Crippen molar-refractivity contribution in [3.63, 3.8) is 0 Å². The van der Waals surface area contributed by atoms with Gasteiger partial charge in [0.2, 0.25) is 0 Å². The normalized spacial score (nSPS) is 17.3. The third kappa shape index (κ3) is 5.32. The van der Waals surface area contributed by atoms with Gasteiger partial charge in [-0.05, 0) is 11.6 Å². The fourth-order valence-corrected chi connectivity index (χ4v) is 2.79. The van der Waals surface area contributed by atoms with Gasteiger partial charge in [-0.3, -0.25) is 4.90 Å². The Labute approximate surface area is 148 Å². The lowest BCUT2D eigenvalue weighted by molar-refractivity contribution is -0.137. The molecule has 1 atom stereocenters. The number of rotatable bonds is 3. The van der Waals surface area contributed by atoms with Crippen LogP contribution in [0.3, 0.4) is 0 Å². The highest BCUT2D eigenvalue weighted by atomic mass is 35.5. The van der Waals surface area contributed by atoms with E-state index in [0.717, 1.165) is 12.1 Å². The van der Waals surface area contributed by atoms with E-state index in [1.54, 1.807) is 0 Å². The van der Waals surface area contributed by atoms with Crippen molar-refractivity contribution in [2.24, 2.45) is 0 Å². The molecule has 0 saturated carbocycles. The summed E-state index contributed by atoms with van der Waals surface area (Å²) in [6.07, 6.45) is -7.48. The van der Waals surface area contributed by atoms with E-state index in [9.17, 15) is 22.0 Å². The summed E-state index contributed by atoms with van der Waals surface area (Å²) in [5.41, 5.74) is -1.26. The number of hydrogen-bond acceptors (Lipinski definition) is 2. The molecular formula is C13H16Cl3F5N2. The summed E-state index contributed by atoms with van der Waals surface area (Å²) in [6.45, 7) is 1.70. The van der Waals surface area contributed by atoms with E-state index >= 15 is 0 Å². The molecule has 1 fully saturated rings. The zero-order valence-corrected chi connectivity index (χ0v) is 14.1. The van der Waals surface area contributed by atoms with Crippen molar-refractivity contribution in [3.05, 3.63) is 34.3 Å². The van der Waals surface area contributed by atoms with Gasteiger partial charge in [-0.25, -0.2) is 8.78 Å². The van der Waals surface area contributed by atoms with Crippen molar-refractivity contribution in [2.75, 3.05) is 26.2 Å². The van der Waals surface area contributed by atoms with Crippen LogP contribution in [0.5, 0.6) is 0 Å². The van der Waals surface area contributed by atoms with Gasteiger partial charge in [-0.2, -0.15) is 13.2 Å². The number of halogens is 8. The Morgan fingerprint density at radius 2 is 1.65 bits per heavy atom. The van der Waals surface area contributed by atoms with Gasteiger partial charge in [-0.1, -0.05) is 23.7 Å². The zero-order chi connectivity index (χ0) is 15.6. The lowest BCUT2D eigenvalue weighted by Crippen LogP contribution is -2.47. The molecule has 1 heterocycles. The summed E-state index contributed by atoms with van der Waals surface area (Å²) in [4.78, 5) is 1.46. The van der Waals surface area contributed by atoms with Crippen LogP contribution in [0.25, 0.3) is 0 Å². The Morgan fingerprint density at radius 1 is 1.09 bits per heavy atom. The van der Waals surface area contributed by atoms with E-state index in [1.807, 2.05) is 0 Å². The van der Waals surface area contributed by atoms with E-state index in [2.05, 4.69) is 5.32 Å². The highest BCUT2D eigenvalue weighted by molar-refractivity contribution is 6.32. The Hall–Kier alpha value is -0.340. The number of benzene rings is 1. The molecule has 23 heavy (non-hydrogen) atoms. The van der Waals surface area contributed by atoms with E-state index < -0.39 is 29.2 Å². The fourth-order valence-electron chi connectivity index (χ4n) is 2.45. The maximum absolute atomic E-state index is 13.4. The minimum atomic E-state index is -4.66. The number of piperazine rings is 1. The minimum Gasteiger partial charge on any atom is -0.314 e. The van der Waals surface area contributed by atoms with Crippen molar-refractivity contribution in [2.45, 2.75) is 18.6 Å². The van der Waals surface area contributed by atoms with E-state index in [1.165, 1.54) is 11.0 Å². The van der Waals surface area contributed by atoms with Crippen LogP contribution < -0.4 is 5.32 Å². The van der Waals surface area contributed by atoms with Gasteiger partial charge in [0.05, 0.1) is 16.6 Å². The third-order valence-corrected chi connectivity index (χ3v) is 3.86. The second kappa shape index (κ2) is 9.22. The van der Waals surface area contributed by atoms with Gasteiger partial charge >= 0.3 is 6.18 Å². The molecule has 1 aliphatic rings. The maximum Gasteiger partial charge on any atom is 0.417 e. The zero-order valence-electron chi connectivity index (χ0n) is 11.7. The quantitative estimate of drug-likeness (QED) is 0.755. The standard InChI is InChI=1S/C13H14ClF5N2.2ClH/c14-10-8(2-1-3-9(10)13(17,18)19)11(12(15)16)21-6-4-20-5-7-21;;/h1-3,11-12,20H,4-7H2;2*1H/t11-;;/m0../s1. The van der Waals surface area contributed by atoms with Crippen molar-refractivity contribution in [1.29, 1.82) is 0 Å². The molecule has 134 valence electrons. The van der Waals surface area contributed by atoms with Gasteiger partial charge < -0.3 is 5.32 Å². The van der Waals surface area contributed by atoms with E-state index in [4.69, 9.17) is 11.6 Å². The van der Waals surface area contributed by atoms with Crippen LogP contribution in [0, 0.1) is 0 Å². The molecule has 0 spiro atoms. The van der Waals surface area contributed by atoms with Crippen molar-refractivity contribution in [3.8, 4) is 0 Å². The van der Waals surface area contributed by atoms with Crippen LogP contribution in [0.4, 0.5) is 22.0 Å².